The van der Waals surface area contributed by atoms with E-state index in [-0.39, 0.29) is 0 Å². The lowest BCUT2D eigenvalue weighted by atomic mass is 10.0. The summed E-state index contributed by atoms with van der Waals surface area (Å²) in [5.41, 5.74) is 7.99. The van der Waals surface area contributed by atoms with Crippen molar-refractivity contribution >= 4 is 28.6 Å². The third-order valence-corrected chi connectivity index (χ3v) is 3.76. The Morgan fingerprint density at radius 3 is 2.68 bits per heavy atom. The maximum atomic E-state index is 6.04. The van der Waals surface area contributed by atoms with E-state index in [1.807, 2.05) is 18.2 Å². The van der Waals surface area contributed by atoms with Crippen LogP contribution >= 0.6 is 11.6 Å². The van der Waals surface area contributed by atoms with Crippen molar-refractivity contribution in [1.82, 2.24) is 9.55 Å². The van der Waals surface area contributed by atoms with Gasteiger partial charge in [-0.3, -0.25) is 0 Å². The summed E-state index contributed by atoms with van der Waals surface area (Å²) < 4.78 is 2.12. The van der Waals surface area contributed by atoms with Gasteiger partial charge in [0.05, 0.1) is 11.0 Å². The number of imidazole rings is 1. The number of rotatable bonds is 5. The molecule has 0 spiro atoms. The first-order chi connectivity index (χ1) is 8.99. The summed E-state index contributed by atoms with van der Waals surface area (Å²) in [5.74, 6) is 1.33. The van der Waals surface area contributed by atoms with E-state index < -0.39 is 0 Å². The topological polar surface area (TPSA) is 43.8 Å². The van der Waals surface area contributed by atoms with Crippen LogP contribution in [0.4, 0.5) is 5.95 Å². The highest BCUT2D eigenvalue weighted by atomic mass is 35.5. The molecule has 2 rings (SSSR count). The second kappa shape index (κ2) is 5.83. The van der Waals surface area contributed by atoms with Gasteiger partial charge in [-0.2, -0.15) is 0 Å². The number of hydrogen-bond donors (Lipinski definition) is 1. The normalized spacial score (nSPS) is 13.3. The summed E-state index contributed by atoms with van der Waals surface area (Å²) in [4.78, 5) is 4.39. The molecule has 0 saturated heterocycles. The third kappa shape index (κ3) is 3.21. The Bertz CT molecular complexity index is 560. The molecule has 104 valence electrons. The number of anilines is 1. The monoisotopic (exact) mass is 279 g/mol. The summed E-state index contributed by atoms with van der Waals surface area (Å²) in [5, 5.41) is 0.699. The number of nitrogens with two attached hydrogens (primary N) is 1. The average molecular weight is 280 g/mol. The first-order valence-corrected chi connectivity index (χ1v) is 7.29. The molecule has 0 radical (unpaired) electrons. The summed E-state index contributed by atoms with van der Waals surface area (Å²) in [6.07, 6.45) is 3.59. The zero-order chi connectivity index (χ0) is 14.0. The van der Waals surface area contributed by atoms with Crippen LogP contribution in [0.5, 0.6) is 0 Å². The van der Waals surface area contributed by atoms with Gasteiger partial charge in [0.15, 0.2) is 0 Å². The lowest BCUT2D eigenvalue weighted by Gasteiger charge is -2.16. The van der Waals surface area contributed by atoms with Crippen molar-refractivity contribution in [2.75, 3.05) is 5.73 Å². The van der Waals surface area contributed by atoms with Gasteiger partial charge in [0.2, 0.25) is 5.95 Å². The minimum Gasteiger partial charge on any atom is -0.369 e. The fraction of sp³-hybridized carbons (Fsp3) is 0.533. The number of aromatic nitrogens is 2. The van der Waals surface area contributed by atoms with E-state index in [0.29, 0.717) is 17.0 Å². The van der Waals surface area contributed by atoms with Crippen molar-refractivity contribution in [1.29, 1.82) is 0 Å². The smallest absolute Gasteiger partial charge is 0.201 e. The van der Waals surface area contributed by atoms with E-state index in [2.05, 4.69) is 30.3 Å². The van der Waals surface area contributed by atoms with Gasteiger partial charge < -0.3 is 10.3 Å². The minimum absolute atomic E-state index is 0.366. The number of benzene rings is 1. The van der Waals surface area contributed by atoms with E-state index >= 15 is 0 Å². The molecule has 0 aliphatic carbocycles. The van der Waals surface area contributed by atoms with Crippen LogP contribution in [0.25, 0.3) is 11.0 Å². The van der Waals surface area contributed by atoms with Crippen molar-refractivity contribution < 1.29 is 0 Å². The molecule has 0 saturated carbocycles. The third-order valence-electron chi connectivity index (χ3n) is 3.52. The zero-order valence-corrected chi connectivity index (χ0v) is 12.6. The first kappa shape index (κ1) is 14.2. The molecule has 0 aliphatic heterocycles. The number of nitrogen functional groups attached to an aromatic ring is 1. The van der Waals surface area contributed by atoms with Gasteiger partial charge in [0.25, 0.3) is 0 Å². The Labute approximate surface area is 119 Å². The molecule has 0 amide bonds. The second-order valence-electron chi connectivity index (χ2n) is 5.65. The van der Waals surface area contributed by atoms with Crippen molar-refractivity contribution in [2.45, 2.75) is 46.1 Å². The Morgan fingerprint density at radius 1 is 1.26 bits per heavy atom. The van der Waals surface area contributed by atoms with E-state index in [4.69, 9.17) is 17.3 Å². The molecular formula is C15H22ClN3. The molecule has 0 aliphatic rings. The predicted molar refractivity (Wildman–Crippen MR) is 82.6 cm³/mol. The SMILES string of the molecule is CC(C)CCCC(C)n1c(N)nc2cc(Cl)ccc21. The highest BCUT2D eigenvalue weighted by Gasteiger charge is 2.14. The van der Waals surface area contributed by atoms with Gasteiger partial charge in [0.1, 0.15) is 0 Å². The van der Waals surface area contributed by atoms with Crippen LogP contribution in [0.15, 0.2) is 18.2 Å². The molecule has 0 bridgehead atoms. The van der Waals surface area contributed by atoms with E-state index in [9.17, 15) is 0 Å². The highest BCUT2D eigenvalue weighted by molar-refractivity contribution is 6.31. The zero-order valence-electron chi connectivity index (χ0n) is 11.9. The fourth-order valence-corrected chi connectivity index (χ4v) is 2.67. The van der Waals surface area contributed by atoms with Crippen LogP contribution in [0.3, 0.4) is 0 Å². The van der Waals surface area contributed by atoms with Crippen LogP contribution < -0.4 is 5.73 Å². The second-order valence-corrected chi connectivity index (χ2v) is 6.08. The molecule has 0 fully saturated rings. The van der Waals surface area contributed by atoms with Gasteiger partial charge in [0, 0.05) is 11.1 Å². The molecule has 1 unspecified atom stereocenters. The molecule has 19 heavy (non-hydrogen) atoms. The Balaban J connectivity index is 2.21. The minimum atomic E-state index is 0.366. The highest BCUT2D eigenvalue weighted by Crippen LogP contribution is 2.27. The molecular weight excluding hydrogens is 258 g/mol. The molecule has 1 heterocycles. The van der Waals surface area contributed by atoms with Gasteiger partial charge in [-0.05, 0) is 37.5 Å². The Hall–Kier alpha value is -1.22. The molecule has 1 aromatic heterocycles. The molecule has 4 heteroatoms. The average Bonchev–Trinajstić information content (AvgIpc) is 2.63. The maximum Gasteiger partial charge on any atom is 0.201 e. The quantitative estimate of drug-likeness (QED) is 0.865. The summed E-state index contributed by atoms with van der Waals surface area (Å²) in [6, 6.07) is 6.12. The molecule has 1 aromatic carbocycles. The first-order valence-electron chi connectivity index (χ1n) is 6.92. The summed E-state index contributed by atoms with van der Waals surface area (Å²) >= 11 is 5.99. The number of nitrogens with zero attached hydrogens (tertiary/aromatic N) is 2. The number of halogens is 1. The van der Waals surface area contributed by atoms with Crippen molar-refractivity contribution in [2.24, 2.45) is 5.92 Å². The standard InChI is InChI=1S/C15H22ClN3/c1-10(2)5-4-6-11(3)19-14-8-7-12(16)9-13(14)18-15(19)17/h7-11H,4-6H2,1-3H3,(H2,17,18). The van der Waals surface area contributed by atoms with Crippen molar-refractivity contribution in [3.63, 3.8) is 0 Å². The van der Waals surface area contributed by atoms with Gasteiger partial charge in [-0.25, -0.2) is 4.98 Å². The van der Waals surface area contributed by atoms with Crippen LogP contribution in [-0.2, 0) is 0 Å². The van der Waals surface area contributed by atoms with Gasteiger partial charge in [-0.1, -0.05) is 38.3 Å². The van der Waals surface area contributed by atoms with E-state index in [1.165, 1.54) is 12.8 Å². The van der Waals surface area contributed by atoms with E-state index in [0.717, 1.165) is 23.4 Å². The fourth-order valence-electron chi connectivity index (χ4n) is 2.50. The molecule has 2 N–H and O–H groups in total. The Kier molecular flexibility index (Phi) is 4.35. The number of fused-ring (bicyclic) bond motifs is 1. The Morgan fingerprint density at radius 2 is 2.00 bits per heavy atom. The van der Waals surface area contributed by atoms with Crippen LogP contribution in [0, 0.1) is 5.92 Å². The van der Waals surface area contributed by atoms with E-state index in [1.54, 1.807) is 0 Å². The van der Waals surface area contributed by atoms with Gasteiger partial charge >= 0.3 is 0 Å². The largest absolute Gasteiger partial charge is 0.369 e. The molecule has 3 nitrogen and oxygen atoms in total. The summed E-state index contributed by atoms with van der Waals surface area (Å²) in [6.45, 7) is 6.72. The predicted octanol–water partition coefficient (Wildman–Crippen LogP) is 4.66. The van der Waals surface area contributed by atoms with Crippen LogP contribution in [0.2, 0.25) is 5.02 Å². The van der Waals surface area contributed by atoms with Gasteiger partial charge in [-0.15, -0.1) is 0 Å². The molecule has 1 atom stereocenters. The molecule has 2 aromatic rings. The van der Waals surface area contributed by atoms with Crippen molar-refractivity contribution in [3.8, 4) is 0 Å². The lowest BCUT2D eigenvalue weighted by Crippen LogP contribution is -2.09. The van der Waals surface area contributed by atoms with Crippen LogP contribution in [0.1, 0.15) is 46.1 Å². The maximum absolute atomic E-state index is 6.04. The lowest BCUT2D eigenvalue weighted by molar-refractivity contribution is 0.457. The van der Waals surface area contributed by atoms with Crippen LogP contribution in [-0.4, -0.2) is 9.55 Å². The summed E-state index contributed by atoms with van der Waals surface area (Å²) in [7, 11) is 0. The van der Waals surface area contributed by atoms with Crippen molar-refractivity contribution in [3.05, 3.63) is 23.2 Å². The number of hydrogen-bond acceptors (Lipinski definition) is 2.